The fourth-order valence-electron chi connectivity index (χ4n) is 2.44. The number of likely N-dealkylation sites (tertiary alicyclic amines) is 1. The van der Waals surface area contributed by atoms with Gasteiger partial charge in [-0.25, -0.2) is 0 Å². The molecule has 104 valence electrons. The first kappa shape index (κ1) is 13.8. The fraction of sp³-hybridized carbons (Fsp3) is 0.500. The number of rotatable bonds is 2. The van der Waals surface area contributed by atoms with Crippen molar-refractivity contribution in [1.29, 1.82) is 0 Å². The van der Waals surface area contributed by atoms with Crippen LogP contribution in [-0.2, 0) is 6.18 Å². The number of hydrogen-bond donors (Lipinski definition) is 0. The van der Waals surface area contributed by atoms with Gasteiger partial charge in [-0.2, -0.15) is 13.2 Å². The van der Waals surface area contributed by atoms with Crippen LogP contribution in [0, 0.1) is 10.1 Å². The van der Waals surface area contributed by atoms with Crippen molar-refractivity contribution >= 4 is 0 Å². The van der Waals surface area contributed by atoms with Gasteiger partial charge in [-0.15, -0.1) is 0 Å². The van der Waals surface area contributed by atoms with E-state index in [-0.39, 0.29) is 10.8 Å². The third kappa shape index (κ3) is 2.86. The van der Waals surface area contributed by atoms with Crippen LogP contribution in [0.15, 0.2) is 24.3 Å². The van der Waals surface area contributed by atoms with Gasteiger partial charge in [0.25, 0.3) is 0 Å². The lowest BCUT2D eigenvalue weighted by Gasteiger charge is -2.14. The van der Waals surface area contributed by atoms with Gasteiger partial charge in [-0.1, -0.05) is 12.1 Å². The predicted molar refractivity (Wildman–Crippen MR) is 62.5 cm³/mol. The molecule has 1 aromatic rings. The summed E-state index contributed by atoms with van der Waals surface area (Å²) in [7, 11) is 1.76. The Morgan fingerprint density at radius 2 is 1.84 bits per heavy atom. The van der Waals surface area contributed by atoms with E-state index in [0.29, 0.717) is 18.7 Å². The molecule has 0 aromatic heterocycles. The van der Waals surface area contributed by atoms with Crippen LogP contribution in [0.1, 0.15) is 17.0 Å². The minimum Gasteiger partial charge on any atom is -0.299 e. The van der Waals surface area contributed by atoms with E-state index in [9.17, 15) is 23.3 Å². The van der Waals surface area contributed by atoms with E-state index in [4.69, 9.17) is 0 Å². The molecule has 19 heavy (non-hydrogen) atoms. The molecule has 1 fully saturated rings. The first-order valence-corrected chi connectivity index (χ1v) is 5.78. The van der Waals surface area contributed by atoms with E-state index in [0.717, 1.165) is 12.1 Å². The third-order valence-corrected chi connectivity index (χ3v) is 3.41. The van der Waals surface area contributed by atoms with Gasteiger partial charge in [0.05, 0.1) is 18.0 Å². The molecular formula is C12H13F3N2O2. The molecule has 1 heterocycles. The van der Waals surface area contributed by atoms with Gasteiger partial charge in [0.1, 0.15) is 0 Å². The standard InChI is InChI=1S/C12H13F3N2O2/c1-16-6-10(11(7-16)17(18)19)8-2-4-9(5-3-8)12(13,14)15/h2-5,10-11H,6-7H2,1H3. The molecule has 0 aliphatic carbocycles. The molecule has 0 N–H and O–H groups in total. The molecule has 2 atom stereocenters. The average Bonchev–Trinajstić information content (AvgIpc) is 2.70. The Balaban J connectivity index is 2.24. The van der Waals surface area contributed by atoms with E-state index >= 15 is 0 Å². The zero-order valence-corrected chi connectivity index (χ0v) is 10.2. The average molecular weight is 274 g/mol. The second-order valence-electron chi connectivity index (χ2n) is 4.80. The molecule has 1 aliphatic heterocycles. The zero-order chi connectivity index (χ0) is 14.2. The summed E-state index contributed by atoms with van der Waals surface area (Å²) in [5.41, 5.74) is -0.153. The van der Waals surface area contributed by atoms with Crippen molar-refractivity contribution in [1.82, 2.24) is 4.90 Å². The van der Waals surface area contributed by atoms with E-state index in [1.54, 1.807) is 7.05 Å². The van der Waals surface area contributed by atoms with E-state index in [1.165, 1.54) is 12.1 Å². The molecular weight excluding hydrogens is 261 g/mol. The van der Waals surface area contributed by atoms with Crippen molar-refractivity contribution in [3.8, 4) is 0 Å². The van der Waals surface area contributed by atoms with Gasteiger partial charge < -0.3 is 0 Å². The summed E-state index contributed by atoms with van der Waals surface area (Å²) >= 11 is 0. The van der Waals surface area contributed by atoms with Gasteiger partial charge in [-0.05, 0) is 24.7 Å². The van der Waals surface area contributed by atoms with Gasteiger partial charge in [-0.3, -0.25) is 15.0 Å². The van der Waals surface area contributed by atoms with Crippen LogP contribution in [0.3, 0.4) is 0 Å². The first-order chi connectivity index (χ1) is 8.79. The highest BCUT2D eigenvalue weighted by molar-refractivity contribution is 5.29. The molecule has 1 aliphatic rings. The largest absolute Gasteiger partial charge is 0.416 e. The van der Waals surface area contributed by atoms with Gasteiger partial charge in [0, 0.05) is 11.5 Å². The Hall–Kier alpha value is -1.63. The molecule has 4 nitrogen and oxygen atoms in total. The Labute approximate surface area is 108 Å². The zero-order valence-electron chi connectivity index (χ0n) is 10.2. The number of alkyl halides is 3. The summed E-state index contributed by atoms with van der Waals surface area (Å²) in [6.07, 6.45) is -4.38. The normalized spacial score (nSPS) is 24.6. The highest BCUT2D eigenvalue weighted by Crippen LogP contribution is 2.33. The van der Waals surface area contributed by atoms with Gasteiger partial charge in [0.2, 0.25) is 6.04 Å². The Kier molecular flexibility index (Phi) is 3.49. The second kappa shape index (κ2) is 4.80. The lowest BCUT2D eigenvalue weighted by Crippen LogP contribution is -2.27. The molecule has 2 unspecified atom stereocenters. The SMILES string of the molecule is CN1CC(c2ccc(C(F)(F)F)cc2)C([N+](=O)[O-])C1. The Morgan fingerprint density at radius 1 is 1.26 bits per heavy atom. The highest BCUT2D eigenvalue weighted by atomic mass is 19.4. The number of hydrogen-bond acceptors (Lipinski definition) is 3. The maximum atomic E-state index is 12.4. The molecule has 0 bridgehead atoms. The number of likely N-dealkylation sites (N-methyl/N-ethyl adjacent to an activating group) is 1. The van der Waals surface area contributed by atoms with Crippen LogP contribution in [0.25, 0.3) is 0 Å². The van der Waals surface area contributed by atoms with Gasteiger partial charge >= 0.3 is 6.18 Å². The quantitative estimate of drug-likeness (QED) is 0.614. The number of benzene rings is 1. The summed E-state index contributed by atoms with van der Waals surface area (Å²) in [6, 6.07) is 3.86. The molecule has 2 rings (SSSR count). The number of halogens is 3. The van der Waals surface area contributed by atoms with Crippen molar-refractivity contribution in [3.63, 3.8) is 0 Å². The first-order valence-electron chi connectivity index (χ1n) is 5.78. The third-order valence-electron chi connectivity index (χ3n) is 3.41. The van der Waals surface area contributed by atoms with Crippen LogP contribution in [0.4, 0.5) is 13.2 Å². The van der Waals surface area contributed by atoms with Crippen LogP contribution in [-0.4, -0.2) is 36.0 Å². The fourth-order valence-corrected chi connectivity index (χ4v) is 2.44. The van der Waals surface area contributed by atoms with Crippen molar-refractivity contribution in [3.05, 3.63) is 45.5 Å². The Bertz CT molecular complexity index is 473. The lowest BCUT2D eigenvalue weighted by molar-refractivity contribution is -0.521. The number of nitro groups is 1. The van der Waals surface area contributed by atoms with Crippen molar-refractivity contribution in [2.24, 2.45) is 0 Å². The predicted octanol–water partition coefficient (Wildman–Crippen LogP) is 2.38. The minimum atomic E-state index is -4.38. The molecule has 7 heteroatoms. The summed E-state index contributed by atoms with van der Waals surface area (Å²) in [4.78, 5) is 12.4. The summed E-state index contributed by atoms with van der Waals surface area (Å²) < 4.78 is 37.3. The molecule has 0 spiro atoms. The molecule has 0 saturated carbocycles. The number of nitrogens with zero attached hydrogens (tertiary/aromatic N) is 2. The molecule has 0 radical (unpaired) electrons. The smallest absolute Gasteiger partial charge is 0.299 e. The van der Waals surface area contributed by atoms with Crippen molar-refractivity contribution < 1.29 is 18.1 Å². The van der Waals surface area contributed by atoms with Crippen LogP contribution in [0.5, 0.6) is 0 Å². The summed E-state index contributed by atoms with van der Waals surface area (Å²) in [5.74, 6) is -0.359. The Morgan fingerprint density at radius 3 is 2.32 bits per heavy atom. The maximum absolute atomic E-state index is 12.4. The van der Waals surface area contributed by atoms with Crippen LogP contribution < -0.4 is 0 Å². The monoisotopic (exact) mass is 274 g/mol. The molecule has 1 saturated heterocycles. The lowest BCUT2D eigenvalue weighted by atomic mass is 9.94. The summed E-state index contributed by atoms with van der Waals surface area (Å²) in [5, 5.41) is 11.0. The van der Waals surface area contributed by atoms with Crippen molar-refractivity contribution in [2.45, 2.75) is 18.1 Å². The van der Waals surface area contributed by atoms with Gasteiger partial charge in [0.15, 0.2) is 0 Å². The van der Waals surface area contributed by atoms with E-state index in [2.05, 4.69) is 0 Å². The molecule has 1 aromatic carbocycles. The minimum absolute atomic E-state index is 0.318. The van der Waals surface area contributed by atoms with Crippen molar-refractivity contribution in [2.75, 3.05) is 20.1 Å². The topological polar surface area (TPSA) is 46.4 Å². The second-order valence-corrected chi connectivity index (χ2v) is 4.80. The molecule has 0 amide bonds. The maximum Gasteiger partial charge on any atom is 0.416 e. The van der Waals surface area contributed by atoms with Crippen LogP contribution in [0.2, 0.25) is 0 Å². The van der Waals surface area contributed by atoms with E-state index < -0.39 is 17.8 Å². The highest BCUT2D eigenvalue weighted by Gasteiger charge is 2.40. The summed E-state index contributed by atoms with van der Waals surface area (Å²) in [6.45, 7) is 0.801. The van der Waals surface area contributed by atoms with E-state index in [1.807, 2.05) is 4.90 Å². The van der Waals surface area contributed by atoms with Crippen LogP contribution >= 0.6 is 0 Å².